The predicted octanol–water partition coefficient (Wildman–Crippen LogP) is 1.71. The van der Waals surface area contributed by atoms with Crippen LogP contribution in [0.5, 0.6) is 0 Å². The number of rotatable bonds is 2. The molecule has 0 amide bonds. The molecule has 1 atom stereocenters. The van der Waals surface area contributed by atoms with Crippen molar-refractivity contribution in [3.8, 4) is 6.07 Å². The molecule has 3 heteroatoms. The lowest BCUT2D eigenvalue weighted by atomic mass is 9.93. The first-order valence-electron chi connectivity index (χ1n) is 5.39. The number of nitriles is 1. The summed E-state index contributed by atoms with van der Waals surface area (Å²) in [6.07, 6.45) is 1.24. The summed E-state index contributed by atoms with van der Waals surface area (Å²) in [5.41, 5.74) is 1.73. The van der Waals surface area contributed by atoms with Gasteiger partial charge in [-0.15, -0.1) is 0 Å². The van der Waals surface area contributed by atoms with Gasteiger partial charge in [0.2, 0.25) is 0 Å². The van der Waals surface area contributed by atoms with Gasteiger partial charge in [-0.05, 0) is 24.1 Å². The van der Waals surface area contributed by atoms with Gasteiger partial charge in [-0.25, -0.2) is 0 Å². The zero-order valence-corrected chi connectivity index (χ0v) is 8.98. The average molecular weight is 215 g/mol. The number of carbonyl (C=O) groups is 1. The Morgan fingerprint density at radius 2 is 2.12 bits per heavy atom. The van der Waals surface area contributed by atoms with Gasteiger partial charge in [-0.2, -0.15) is 5.26 Å². The van der Waals surface area contributed by atoms with E-state index < -0.39 is 0 Å². The van der Waals surface area contributed by atoms with Gasteiger partial charge >= 0.3 is 0 Å². The van der Waals surface area contributed by atoms with E-state index in [1.165, 1.54) is 0 Å². The fraction of sp³-hybridized carbons (Fsp3) is 0.385. The highest BCUT2D eigenvalue weighted by Crippen LogP contribution is 2.16. The second-order valence-electron chi connectivity index (χ2n) is 4.00. The largest absolute Gasteiger partial charge is 0.380 e. The van der Waals surface area contributed by atoms with Crippen LogP contribution in [0.4, 0.5) is 0 Å². The first-order valence-corrected chi connectivity index (χ1v) is 5.39. The summed E-state index contributed by atoms with van der Waals surface area (Å²) in [4.78, 5) is 11.6. The molecule has 1 aliphatic heterocycles. The number of carbonyl (C=O) groups excluding carboxylic acids is 1. The molecule has 0 bridgehead atoms. The average Bonchev–Trinajstić information content (AvgIpc) is 2.33. The van der Waals surface area contributed by atoms with Crippen molar-refractivity contribution in [3.63, 3.8) is 0 Å². The first-order chi connectivity index (χ1) is 7.79. The molecule has 0 aliphatic carbocycles. The fourth-order valence-electron chi connectivity index (χ4n) is 1.87. The molecular formula is C13H13NO2. The number of benzene rings is 1. The van der Waals surface area contributed by atoms with Crippen molar-refractivity contribution < 1.29 is 9.53 Å². The van der Waals surface area contributed by atoms with Crippen LogP contribution in [-0.4, -0.2) is 19.0 Å². The van der Waals surface area contributed by atoms with Crippen molar-refractivity contribution in [3.05, 3.63) is 35.4 Å². The van der Waals surface area contributed by atoms with Crippen LogP contribution < -0.4 is 0 Å². The van der Waals surface area contributed by atoms with E-state index in [0.29, 0.717) is 31.6 Å². The molecule has 0 unspecified atom stereocenters. The second kappa shape index (κ2) is 4.91. The number of hydrogen-bond acceptors (Lipinski definition) is 3. The highest BCUT2D eigenvalue weighted by molar-refractivity contribution is 5.82. The van der Waals surface area contributed by atoms with Crippen molar-refractivity contribution >= 4 is 5.78 Å². The molecule has 1 heterocycles. The smallest absolute Gasteiger partial charge is 0.140 e. The third-order valence-corrected chi connectivity index (χ3v) is 2.83. The summed E-state index contributed by atoms with van der Waals surface area (Å²) in [5.74, 6) is 0.275. The number of ketones is 1. The highest BCUT2D eigenvalue weighted by Gasteiger charge is 2.22. The van der Waals surface area contributed by atoms with Crippen molar-refractivity contribution in [2.75, 3.05) is 13.2 Å². The van der Waals surface area contributed by atoms with Gasteiger partial charge in [0.05, 0.1) is 24.8 Å². The summed E-state index contributed by atoms with van der Waals surface area (Å²) in [6.45, 7) is 1.08. The highest BCUT2D eigenvalue weighted by atomic mass is 16.5. The van der Waals surface area contributed by atoms with E-state index >= 15 is 0 Å². The Morgan fingerprint density at radius 3 is 2.75 bits per heavy atom. The molecule has 16 heavy (non-hydrogen) atoms. The molecular weight excluding hydrogens is 202 g/mol. The van der Waals surface area contributed by atoms with E-state index in [4.69, 9.17) is 10.00 Å². The monoisotopic (exact) mass is 215 g/mol. The third kappa shape index (κ3) is 2.47. The van der Waals surface area contributed by atoms with E-state index in [2.05, 4.69) is 6.07 Å². The molecule has 82 valence electrons. The van der Waals surface area contributed by atoms with Crippen LogP contribution in [0, 0.1) is 17.2 Å². The molecule has 1 aromatic rings. The molecule has 0 spiro atoms. The summed E-state index contributed by atoms with van der Waals surface area (Å²) in [7, 11) is 0. The van der Waals surface area contributed by atoms with Gasteiger partial charge in [-0.3, -0.25) is 4.79 Å². The summed E-state index contributed by atoms with van der Waals surface area (Å²) < 4.78 is 5.30. The SMILES string of the molecule is N#Cc1ccc(C[C@H]2COCCC2=O)cc1. The Hall–Kier alpha value is -1.66. The fourth-order valence-corrected chi connectivity index (χ4v) is 1.87. The number of ether oxygens (including phenoxy) is 1. The van der Waals surface area contributed by atoms with Crippen LogP contribution >= 0.6 is 0 Å². The molecule has 1 aromatic carbocycles. The maximum atomic E-state index is 11.6. The quantitative estimate of drug-likeness (QED) is 0.754. The first kappa shape index (κ1) is 10.8. The minimum absolute atomic E-state index is 0.0123. The van der Waals surface area contributed by atoms with E-state index in [1.54, 1.807) is 12.1 Å². The number of nitrogens with zero attached hydrogens (tertiary/aromatic N) is 1. The van der Waals surface area contributed by atoms with Crippen LogP contribution in [0.25, 0.3) is 0 Å². The van der Waals surface area contributed by atoms with Crippen LogP contribution in [0.1, 0.15) is 17.5 Å². The zero-order chi connectivity index (χ0) is 11.4. The minimum atomic E-state index is -0.0123. The molecule has 1 aliphatic rings. The minimum Gasteiger partial charge on any atom is -0.380 e. The van der Waals surface area contributed by atoms with Crippen LogP contribution in [0.15, 0.2) is 24.3 Å². The van der Waals surface area contributed by atoms with E-state index in [9.17, 15) is 4.79 Å². The van der Waals surface area contributed by atoms with E-state index in [1.807, 2.05) is 12.1 Å². The van der Waals surface area contributed by atoms with Gasteiger partial charge in [-0.1, -0.05) is 12.1 Å². The van der Waals surface area contributed by atoms with Gasteiger partial charge < -0.3 is 4.74 Å². The van der Waals surface area contributed by atoms with Crippen molar-refractivity contribution in [1.29, 1.82) is 5.26 Å². The lowest BCUT2D eigenvalue weighted by Crippen LogP contribution is -2.29. The Balaban J connectivity index is 2.03. The van der Waals surface area contributed by atoms with Gasteiger partial charge in [0, 0.05) is 12.3 Å². The Kier molecular flexibility index (Phi) is 3.33. The van der Waals surface area contributed by atoms with Gasteiger partial charge in [0.15, 0.2) is 0 Å². The van der Waals surface area contributed by atoms with E-state index in [-0.39, 0.29) is 11.7 Å². The van der Waals surface area contributed by atoms with Crippen LogP contribution in [0.2, 0.25) is 0 Å². The van der Waals surface area contributed by atoms with Gasteiger partial charge in [0.1, 0.15) is 5.78 Å². The summed E-state index contributed by atoms with van der Waals surface area (Å²) in [6, 6.07) is 9.44. The van der Waals surface area contributed by atoms with Crippen molar-refractivity contribution in [2.24, 2.45) is 5.92 Å². The maximum Gasteiger partial charge on any atom is 0.140 e. The zero-order valence-electron chi connectivity index (χ0n) is 8.98. The normalized spacial score (nSPS) is 20.4. The van der Waals surface area contributed by atoms with Crippen molar-refractivity contribution in [1.82, 2.24) is 0 Å². The number of Topliss-reactive ketones (excluding diaryl/α,β-unsaturated/α-hetero) is 1. The molecule has 0 radical (unpaired) electrons. The summed E-state index contributed by atoms with van der Waals surface area (Å²) >= 11 is 0. The lowest BCUT2D eigenvalue weighted by Gasteiger charge is -2.20. The molecule has 1 fully saturated rings. The topological polar surface area (TPSA) is 50.1 Å². The molecule has 2 rings (SSSR count). The standard InChI is InChI=1S/C13H13NO2/c14-8-11-3-1-10(2-4-11)7-12-9-16-6-5-13(12)15/h1-4,12H,5-7,9H2/t12-/m0/s1. The molecule has 0 saturated carbocycles. The van der Waals surface area contributed by atoms with Crippen LogP contribution in [-0.2, 0) is 16.0 Å². The molecule has 1 saturated heterocycles. The maximum absolute atomic E-state index is 11.6. The Labute approximate surface area is 94.6 Å². The Bertz CT molecular complexity index is 417. The third-order valence-electron chi connectivity index (χ3n) is 2.83. The molecule has 3 nitrogen and oxygen atoms in total. The molecule has 0 aromatic heterocycles. The Morgan fingerprint density at radius 1 is 1.38 bits per heavy atom. The second-order valence-corrected chi connectivity index (χ2v) is 4.00. The predicted molar refractivity (Wildman–Crippen MR) is 58.8 cm³/mol. The van der Waals surface area contributed by atoms with Crippen molar-refractivity contribution in [2.45, 2.75) is 12.8 Å². The lowest BCUT2D eigenvalue weighted by molar-refractivity contribution is -0.130. The van der Waals surface area contributed by atoms with Crippen LogP contribution in [0.3, 0.4) is 0 Å². The molecule has 0 N–H and O–H groups in total. The van der Waals surface area contributed by atoms with Gasteiger partial charge in [0.25, 0.3) is 0 Å². The number of hydrogen-bond donors (Lipinski definition) is 0. The van der Waals surface area contributed by atoms with E-state index in [0.717, 1.165) is 5.56 Å². The summed E-state index contributed by atoms with van der Waals surface area (Å²) in [5, 5.41) is 8.67.